The third-order valence-electron chi connectivity index (χ3n) is 5.61. The van der Waals surface area contributed by atoms with E-state index in [9.17, 15) is 14.4 Å². The van der Waals surface area contributed by atoms with Crippen molar-refractivity contribution in [3.05, 3.63) is 35.1 Å². The summed E-state index contributed by atoms with van der Waals surface area (Å²) in [6.45, 7) is 5.45. The van der Waals surface area contributed by atoms with Crippen LogP contribution in [0.25, 0.3) is 0 Å². The number of fused-ring (bicyclic) bond motifs is 1. The summed E-state index contributed by atoms with van der Waals surface area (Å²) in [6.07, 6.45) is 1.93. The predicted molar refractivity (Wildman–Crippen MR) is 91.9 cm³/mol. The molecule has 0 bridgehead atoms. The van der Waals surface area contributed by atoms with E-state index in [-0.39, 0.29) is 30.2 Å². The third-order valence-corrected chi connectivity index (χ3v) is 5.61. The van der Waals surface area contributed by atoms with Gasteiger partial charge < -0.3 is 10.6 Å². The summed E-state index contributed by atoms with van der Waals surface area (Å²) >= 11 is 0. The first-order chi connectivity index (χ1) is 10.7. The fraction of sp³-hybridized carbons (Fsp3) is 0.556. The molecule has 0 spiro atoms. The molecule has 1 aromatic rings. The molecule has 6 heteroatoms. The number of nitrogens with two attached hydrogens (primary N) is 1. The van der Waals surface area contributed by atoms with Gasteiger partial charge in [0.05, 0.1) is 29.1 Å². The lowest BCUT2D eigenvalue weighted by Crippen LogP contribution is -2.49. The van der Waals surface area contributed by atoms with Crippen molar-refractivity contribution in [3.8, 4) is 6.07 Å². The van der Waals surface area contributed by atoms with Crippen LogP contribution in [0.1, 0.15) is 44.2 Å². The van der Waals surface area contributed by atoms with Gasteiger partial charge in [-0.1, -0.05) is 12.1 Å². The van der Waals surface area contributed by atoms with Crippen LogP contribution < -0.4 is 5.73 Å². The summed E-state index contributed by atoms with van der Waals surface area (Å²) in [5.74, 6) is -0.396. The first kappa shape index (κ1) is 18.7. The van der Waals surface area contributed by atoms with Gasteiger partial charge in [0.15, 0.2) is 0 Å². The minimum Gasteiger partial charge on any atom is -0.327 e. The molecule has 3 rings (SSSR count). The molecule has 2 heterocycles. The topological polar surface area (TPSA) is 70.1 Å². The van der Waals surface area contributed by atoms with E-state index in [0.29, 0.717) is 18.4 Å². The highest BCUT2D eigenvalue weighted by Gasteiger charge is 2.60. The lowest BCUT2D eigenvalue weighted by Gasteiger charge is -2.40. The molecule has 0 saturated carbocycles. The van der Waals surface area contributed by atoms with Gasteiger partial charge in [-0.15, -0.1) is 12.4 Å². The second-order valence-corrected chi connectivity index (χ2v) is 7.35. The van der Waals surface area contributed by atoms with E-state index in [1.165, 1.54) is 6.07 Å². The van der Waals surface area contributed by atoms with Crippen LogP contribution in [0, 0.1) is 29.5 Å². The standard InChI is InChI=1S/C18H22FN3O.ClH/c1-11-12(5-4-6-13(11)19)18-8-7-15(17(2,3)10-20)22(18)16(23)14(21)9-18;/h4-6,14-15H,7-9,21H2,1-3H3;1H/t14-,15+,18+;/m0./s1. The third kappa shape index (κ3) is 2.40. The van der Waals surface area contributed by atoms with Gasteiger partial charge in [-0.2, -0.15) is 5.26 Å². The Labute approximate surface area is 148 Å². The molecular weight excluding hydrogens is 329 g/mol. The van der Waals surface area contributed by atoms with E-state index in [2.05, 4.69) is 6.07 Å². The lowest BCUT2D eigenvalue weighted by atomic mass is 9.82. The Morgan fingerprint density at radius 2 is 2.12 bits per heavy atom. The molecule has 24 heavy (non-hydrogen) atoms. The second kappa shape index (κ2) is 6.02. The molecule has 130 valence electrons. The normalized spacial score (nSPS) is 29.2. The number of halogens is 2. The van der Waals surface area contributed by atoms with Gasteiger partial charge in [-0.3, -0.25) is 4.79 Å². The largest absolute Gasteiger partial charge is 0.327 e. The Kier molecular flexibility index (Phi) is 4.69. The van der Waals surface area contributed by atoms with Crippen molar-refractivity contribution >= 4 is 18.3 Å². The van der Waals surface area contributed by atoms with Crippen molar-refractivity contribution in [3.63, 3.8) is 0 Å². The van der Waals surface area contributed by atoms with Crippen molar-refractivity contribution in [1.82, 2.24) is 4.90 Å². The zero-order chi connectivity index (χ0) is 17.0. The predicted octanol–water partition coefficient (Wildman–Crippen LogP) is 3.02. The van der Waals surface area contributed by atoms with E-state index >= 15 is 0 Å². The average molecular weight is 352 g/mol. The van der Waals surface area contributed by atoms with E-state index in [1.807, 2.05) is 19.9 Å². The van der Waals surface area contributed by atoms with Crippen molar-refractivity contribution in [2.75, 3.05) is 0 Å². The van der Waals surface area contributed by atoms with Gasteiger partial charge >= 0.3 is 0 Å². The maximum atomic E-state index is 14.1. The highest BCUT2D eigenvalue weighted by Crippen LogP contribution is 2.54. The molecule has 0 unspecified atom stereocenters. The number of nitriles is 1. The van der Waals surface area contributed by atoms with Gasteiger partial charge in [0.25, 0.3) is 0 Å². The molecular formula is C18H23ClFN3O. The number of benzene rings is 1. The van der Waals surface area contributed by atoms with Crippen molar-refractivity contribution in [2.45, 2.75) is 57.7 Å². The fourth-order valence-corrected chi connectivity index (χ4v) is 4.36. The maximum Gasteiger partial charge on any atom is 0.240 e. The summed E-state index contributed by atoms with van der Waals surface area (Å²) in [7, 11) is 0. The fourth-order valence-electron chi connectivity index (χ4n) is 4.36. The minimum atomic E-state index is -0.664. The number of carbonyl (C=O) groups excluding carboxylic acids is 1. The van der Waals surface area contributed by atoms with Gasteiger partial charge in [-0.25, -0.2) is 4.39 Å². The summed E-state index contributed by atoms with van der Waals surface area (Å²) in [5.41, 5.74) is 6.21. The van der Waals surface area contributed by atoms with Crippen LogP contribution in [0.5, 0.6) is 0 Å². The molecule has 0 radical (unpaired) electrons. The Balaban J connectivity index is 0.00000208. The summed E-state index contributed by atoms with van der Waals surface area (Å²) < 4.78 is 14.1. The smallest absolute Gasteiger partial charge is 0.240 e. The van der Waals surface area contributed by atoms with Crippen LogP contribution in [0.3, 0.4) is 0 Å². The Morgan fingerprint density at radius 1 is 1.46 bits per heavy atom. The molecule has 2 aliphatic heterocycles. The van der Waals surface area contributed by atoms with E-state index < -0.39 is 17.0 Å². The number of nitrogens with zero attached hydrogens (tertiary/aromatic N) is 2. The maximum absolute atomic E-state index is 14.1. The average Bonchev–Trinajstić information content (AvgIpc) is 2.99. The van der Waals surface area contributed by atoms with Crippen LogP contribution in [0.4, 0.5) is 4.39 Å². The number of rotatable bonds is 2. The summed E-state index contributed by atoms with van der Waals surface area (Å²) in [4.78, 5) is 14.5. The van der Waals surface area contributed by atoms with Gasteiger partial charge in [-0.05, 0) is 57.2 Å². The lowest BCUT2D eigenvalue weighted by molar-refractivity contribution is -0.134. The van der Waals surface area contributed by atoms with Crippen LogP contribution in [0.2, 0.25) is 0 Å². The Bertz CT molecular complexity index is 715. The number of hydrogen-bond donors (Lipinski definition) is 1. The van der Waals surface area contributed by atoms with E-state index in [1.54, 1.807) is 17.9 Å². The Morgan fingerprint density at radius 3 is 2.75 bits per heavy atom. The first-order valence-corrected chi connectivity index (χ1v) is 8.00. The summed E-state index contributed by atoms with van der Waals surface area (Å²) in [6, 6.07) is 6.53. The second-order valence-electron chi connectivity index (χ2n) is 7.35. The minimum absolute atomic E-state index is 0. The molecule has 2 N–H and O–H groups in total. The van der Waals surface area contributed by atoms with Gasteiger partial charge in [0.1, 0.15) is 5.82 Å². The molecule has 0 aliphatic carbocycles. The zero-order valence-electron chi connectivity index (χ0n) is 14.2. The van der Waals surface area contributed by atoms with Gasteiger partial charge in [0, 0.05) is 0 Å². The van der Waals surface area contributed by atoms with Crippen LogP contribution in [0.15, 0.2) is 18.2 Å². The van der Waals surface area contributed by atoms with E-state index in [0.717, 1.165) is 12.0 Å². The molecule has 4 nitrogen and oxygen atoms in total. The van der Waals surface area contributed by atoms with Crippen LogP contribution in [-0.4, -0.2) is 22.9 Å². The van der Waals surface area contributed by atoms with Crippen LogP contribution in [-0.2, 0) is 10.3 Å². The number of hydrogen-bond acceptors (Lipinski definition) is 3. The van der Waals surface area contributed by atoms with Crippen LogP contribution >= 0.6 is 12.4 Å². The molecule has 0 aromatic heterocycles. The highest BCUT2D eigenvalue weighted by molar-refractivity contribution is 5.86. The highest BCUT2D eigenvalue weighted by atomic mass is 35.5. The molecule has 1 amide bonds. The number of carbonyl (C=O) groups is 1. The first-order valence-electron chi connectivity index (χ1n) is 8.00. The molecule has 1 aromatic carbocycles. The molecule has 2 fully saturated rings. The Hall–Kier alpha value is -1.64. The van der Waals surface area contributed by atoms with E-state index in [4.69, 9.17) is 5.73 Å². The van der Waals surface area contributed by atoms with Crippen molar-refractivity contribution < 1.29 is 9.18 Å². The van der Waals surface area contributed by atoms with Crippen molar-refractivity contribution in [1.29, 1.82) is 5.26 Å². The summed E-state index contributed by atoms with van der Waals surface area (Å²) in [5, 5.41) is 9.50. The quantitative estimate of drug-likeness (QED) is 0.890. The SMILES string of the molecule is Cc1c(F)cccc1[C@]12CC[C@H](C(C)(C)C#N)N1C(=O)[C@@H](N)C2.Cl. The van der Waals surface area contributed by atoms with Gasteiger partial charge in [0.2, 0.25) is 5.91 Å². The molecule has 2 saturated heterocycles. The zero-order valence-corrected chi connectivity index (χ0v) is 15.0. The molecule has 3 atom stereocenters. The molecule has 2 aliphatic rings. The van der Waals surface area contributed by atoms with Crippen molar-refractivity contribution in [2.24, 2.45) is 11.1 Å². The monoisotopic (exact) mass is 351 g/mol. The number of amides is 1.